The summed E-state index contributed by atoms with van der Waals surface area (Å²) in [6, 6.07) is 18.3. The van der Waals surface area contributed by atoms with Crippen molar-refractivity contribution in [3.63, 3.8) is 0 Å². The summed E-state index contributed by atoms with van der Waals surface area (Å²) < 4.78 is 6.26. The summed E-state index contributed by atoms with van der Waals surface area (Å²) in [6.07, 6.45) is 0. The zero-order valence-corrected chi connectivity index (χ0v) is 15.4. The number of carbonyl (C=O) groups excluding carboxylic acids is 1. The van der Waals surface area contributed by atoms with E-state index in [1.165, 1.54) is 17.4 Å². The number of para-hydroxylation sites is 1. The van der Waals surface area contributed by atoms with Crippen molar-refractivity contribution in [2.45, 2.75) is 12.5 Å². The highest BCUT2D eigenvalue weighted by atomic mass is 32.1. The molecule has 1 amide bonds. The fraction of sp³-hybridized carbons (Fsp3) is 0.143. The summed E-state index contributed by atoms with van der Waals surface area (Å²) >= 11 is 1.48. The minimum absolute atomic E-state index is 0.0229. The molecule has 0 fully saturated rings. The molecular formula is C21H17NO4S. The molecule has 2 aromatic heterocycles. The van der Waals surface area contributed by atoms with Gasteiger partial charge in [0.05, 0.1) is 6.54 Å². The molecule has 136 valence electrons. The Balaban J connectivity index is 1.56. The Bertz CT molecular complexity index is 1170. The molecule has 27 heavy (non-hydrogen) atoms. The third-order valence-electron chi connectivity index (χ3n) is 4.44. The van der Waals surface area contributed by atoms with E-state index in [1.54, 1.807) is 31.2 Å². The molecular weight excluding hydrogens is 362 g/mol. The fourth-order valence-electron chi connectivity index (χ4n) is 2.90. The molecule has 0 saturated carbocycles. The third-order valence-corrected chi connectivity index (χ3v) is 5.80. The van der Waals surface area contributed by atoms with Crippen LogP contribution in [0.3, 0.4) is 0 Å². The first kappa shape index (κ1) is 17.5. The van der Waals surface area contributed by atoms with Gasteiger partial charge in [-0.2, -0.15) is 0 Å². The second kappa shape index (κ2) is 6.64. The molecule has 6 heteroatoms. The fourth-order valence-corrected chi connectivity index (χ4v) is 4.01. The Labute approximate surface area is 158 Å². The van der Waals surface area contributed by atoms with Gasteiger partial charge in [-0.3, -0.25) is 4.79 Å². The molecule has 4 rings (SSSR count). The predicted molar refractivity (Wildman–Crippen MR) is 106 cm³/mol. The van der Waals surface area contributed by atoms with Crippen LogP contribution in [0.1, 0.15) is 22.2 Å². The molecule has 1 unspecified atom stereocenters. The van der Waals surface area contributed by atoms with Crippen LogP contribution in [0.2, 0.25) is 0 Å². The summed E-state index contributed by atoms with van der Waals surface area (Å²) in [5, 5.41) is 15.2. The van der Waals surface area contributed by atoms with Crippen LogP contribution in [0.25, 0.3) is 21.1 Å². The van der Waals surface area contributed by atoms with E-state index >= 15 is 0 Å². The normalized spacial score (nSPS) is 13.6. The van der Waals surface area contributed by atoms with Crippen LogP contribution in [-0.4, -0.2) is 17.6 Å². The molecule has 2 aromatic carbocycles. The Morgan fingerprint density at radius 3 is 2.59 bits per heavy atom. The number of nitrogens with one attached hydrogen (secondary N) is 1. The van der Waals surface area contributed by atoms with Crippen molar-refractivity contribution in [3.05, 3.63) is 81.5 Å². The molecule has 4 aromatic rings. The maximum Gasteiger partial charge on any atom is 0.349 e. The van der Waals surface area contributed by atoms with E-state index in [9.17, 15) is 14.7 Å². The highest BCUT2D eigenvalue weighted by molar-refractivity contribution is 7.19. The molecule has 2 N–H and O–H groups in total. The van der Waals surface area contributed by atoms with Crippen molar-refractivity contribution in [3.8, 4) is 0 Å². The lowest BCUT2D eigenvalue weighted by atomic mass is 10.0. The van der Waals surface area contributed by atoms with Gasteiger partial charge in [0.2, 0.25) is 0 Å². The largest absolute Gasteiger partial charge is 0.422 e. The van der Waals surface area contributed by atoms with Crippen molar-refractivity contribution in [1.29, 1.82) is 0 Å². The zero-order chi connectivity index (χ0) is 19.0. The maximum absolute atomic E-state index is 12.5. The lowest BCUT2D eigenvalue weighted by molar-refractivity contribution is 0.0556. The van der Waals surface area contributed by atoms with E-state index in [2.05, 4.69) is 5.32 Å². The average Bonchev–Trinajstić information content (AvgIpc) is 3.11. The van der Waals surface area contributed by atoms with Gasteiger partial charge in [0.15, 0.2) is 0 Å². The maximum atomic E-state index is 12.5. The predicted octanol–water partition coefficient (Wildman–Crippen LogP) is 3.65. The van der Waals surface area contributed by atoms with Gasteiger partial charge in [-0.25, -0.2) is 4.79 Å². The summed E-state index contributed by atoms with van der Waals surface area (Å²) in [7, 11) is 0. The first-order valence-corrected chi connectivity index (χ1v) is 9.28. The number of rotatable bonds is 4. The number of thiophene rings is 1. The Morgan fingerprint density at radius 2 is 1.81 bits per heavy atom. The van der Waals surface area contributed by atoms with Gasteiger partial charge in [0.25, 0.3) is 5.91 Å². The van der Waals surface area contributed by atoms with Crippen LogP contribution in [0.4, 0.5) is 0 Å². The molecule has 0 aliphatic rings. The minimum Gasteiger partial charge on any atom is -0.422 e. The quantitative estimate of drug-likeness (QED) is 0.531. The van der Waals surface area contributed by atoms with E-state index in [0.29, 0.717) is 11.0 Å². The number of amides is 1. The smallest absolute Gasteiger partial charge is 0.349 e. The van der Waals surface area contributed by atoms with E-state index < -0.39 is 17.1 Å². The molecule has 5 nitrogen and oxygen atoms in total. The average molecular weight is 379 g/mol. The number of aliphatic hydroxyl groups is 1. The highest BCUT2D eigenvalue weighted by Gasteiger charge is 2.27. The third kappa shape index (κ3) is 3.37. The summed E-state index contributed by atoms with van der Waals surface area (Å²) in [4.78, 5) is 25.3. The van der Waals surface area contributed by atoms with Crippen molar-refractivity contribution >= 4 is 38.3 Å². The number of hydrogen-bond acceptors (Lipinski definition) is 5. The second-order valence-corrected chi connectivity index (χ2v) is 7.67. The van der Waals surface area contributed by atoms with Gasteiger partial charge in [-0.05, 0) is 36.6 Å². The number of benzene rings is 2. The Morgan fingerprint density at radius 1 is 1.11 bits per heavy atom. The van der Waals surface area contributed by atoms with Gasteiger partial charge < -0.3 is 14.8 Å². The summed E-state index contributed by atoms with van der Waals surface area (Å²) in [5.74, 6) is -0.573. The zero-order valence-electron chi connectivity index (χ0n) is 14.6. The summed E-state index contributed by atoms with van der Waals surface area (Å²) in [5.41, 5.74) is -1.61. The van der Waals surface area contributed by atoms with Crippen LogP contribution in [0.5, 0.6) is 0 Å². The van der Waals surface area contributed by atoms with E-state index in [-0.39, 0.29) is 12.1 Å². The molecule has 0 bridgehead atoms. The van der Waals surface area contributed by atoms with Crippen LogP contribution in [0.15, 0.2) is 69.9 Å². The number of hydrogen-bond donors (Lipinski definition) is 2. The summed E-state index contributed by atoms with van der Waals surface area (Å²) in [6.45, 7) is 1.62. The molecule has 0 radical (unpaired) electrons. The topological polar surface area (TPSA) is 79.5 Å². The highest BCUT2D eigenvalue weighted by Crippen LogP contribution is 2.32. The Hall–Kier alpha value is -2.96. The van der Waals surface area contributed by atoms with Gasteiger partial charge in [0.1, 0.15) is 16.7 Å². The van der Waals surface area contributed by atoms with E-state index in [4.69, 9.17) is 4.42 Å². The lowest BCUT2D eigenvalue weighted by Crippen LogP contribution is -2.39. The second-order valence-electron chi connectivity index (χ2n) is 6.59. The molecule has 0 aliphatic heterocycles. The Kier molecular flexibility index (Phi) is 4.30. The molecule has 0 saturated heterocycles. The van der Waals surface area contributed by atoms with Crippen LogP contribution in [-0.2, 0) is 5.60 Å². The van der Waals surface area contributed by atoms with Crippen molar-refractivity contribution < 1.29 is 14.3 Å². The number of carbonyl (C=O) groups is 1. The van der Waals surface area contributed by atoms with Gasteiger partial charge in [0, 0.05) is 15.0 Å². The van der Waals surface area contributed by atoms with Crippen LogP contribution in [0, 0.1) is 0 Å². The first-order chi connectivity index (χ1) is 12.9. The molecule has 0 aliphatic carbocycles. The molecule has 1 atom stereocenters. The van der Waals surface area contributed by atoms with Gasteiger partial charge >= 0.3 is 5.63 Å². The van der Waals surface area contributed by atoms with Gasteiger partial charge in [-0.1, -0.05) is 36.4 Å². The van der Waals surface area contributed by atoms with Gasteiger partial charge in [-0.15, -0.1) is 11.3 Å². The van der Waals surface area contributed by atoms with Crippen molar-refractivity contribution in [2.75, 3.05) is 6.54 Å². The molecule has 0 spiro atoms. The monoisotopic (exact) mass is 379 g/mol. The minimum atomic E-state index is -1.25. The van der Waals surface area contributed by atoms with Crippen molar-refractivity contribution in [2.24, 2.45) is 0 Å². The number of fused-ring (bicyclic) bond motifs is 2. The lowest BCUT2D eigenvalue weighted by Gasteiger charge is -2.22. The SMILES string of the molecule is CC(O)(CNC(=O)c1cc2ccccc2oc1=O)c1cc2ccccc2s1. The van der Waals surface area contributed by atoms with E-state index in [0.717, 1.165) is 15.0 Å². The van der Waals surface area contributed by atoms with Crippen LogP contribution >= 0.6 is 11.3 Å². The van der Waals surface area contributed by atoms with Crippen molar-refractivity contribution in [1.82, 2.24) is 5.32 Å². The first-order valence-electron chi connectivity index (χ1n) is 8.46. The molecule has 2 heterocycles. The van der Waals surface area contributed by atoms with E-state index in [1.807, 2.05) is 30.3 Å². The van der Waals surface area contributed by atoms with Crippen LogP contribution < -0.4 is 10.9 Å². The standard InChI is InChI=1S/C21H17NO4S/c1-21(25,18-11-14-7-3-5-9-17(14)27-18)12-22-19(23)15-10-13-6-2-4-8-16(13)26-20(15)24/h2-11,25H,12H2,1H3,(H,22,23).